The standard InChI is InChI=1S/C16H27NO2/c1-3-4-5-6-12(2)7-8-13-9-15(18)14(11-17)16(19)10-13/h9-10,12,18-19H,3-8,11,17H2,1-2H3. The van der Waals surface area contributed by atoms with Crippen LogP contribution in [-0.4, -0.2) is 10.2 Å². The Kier molecular flexibility index (Phi) is 6.71. The fraction of sp³-hybridized carbons (Fsp3) is 0.625. The zero-order valence-electron chi connectivity index (χ0n) is 12.2. The van der Waals surface area contributed by atoms with Gasteiger partial charge in [0.05, 0.1) is 0 Å². The van der Waals surface area contributed by atoms with E-state index in [9.17, 15) is 10.2 Å². The summed E-state index contributed by atoms with van der Waals surface area (Å²) in [6, 6.07) is 3.45. The minimum Gasteiger partial charge on any atom is -0.507 e. The Morgan fingerprint density at radius 1 is 1.11 bits per heavy atom. The van der Waals surface area contributed by atoms with Crippen LogP contribution in [0.5, 0.6) is 11.5 Å². The molecule has 0 fully saturated rings. The first-order chi connectivity index (χ1) is 9.08. The Morgan fingerprint density at radius 3 is 2.26 bits per heavy atom. The SMILES string of the molecule is CCCCCC(C)CCc1cc(O)c(CN)c(O)c1. The number of phenolic OH excluding ortho intramolecular Hbond substituents is 2. The molecule has 108 valence electrons. The fourth-order valence-corrected chi connectivity index (χ4v) is 2.35. The molecule has 1 atom stereocenters. The van der Waals surface area contributed by atoms with Gasteiger partial charge in [-0.2, -0.15) is 0 Å². The van der Waals surface area contributed by atoms with E-state index in [0.29, 0.717) is 11.5 Å². The van der Waals surface area contributed by atoms with Gasteiger partial charge in [-0.25, -0.2) is 0 Å². The third-order valence-electron chi connectivity index (χ3n) is 3.69. The molecular formula is C16H27NO2. The van der Waals surface area contributed by atoms with Gasteiger partial charge < -0.3 is 15.9 Å². The van der Waals surface area contributed by atoms with Crippen molar-refractivity contribution in [3.8, 4) is 11.5 Å². The summed E-state index contributed by atoms with van der Waals surface area (Å²) < 4.78 is 0. The molecule has 0 aliphatic carbocycles. The first kappa shape index (κ1) is 15.8. The molecule has 3 heteroatoms. The number of benzene rings is 1. The van der Waals surface area contributed by atoms with Gasteiger partial charge in [0.2, 0.25) is 0 Å². The molecule has 0 amide bonds. The highest BCUT2D eigenvalue weighted by molar-refractivity contribution is 5.46. The Balaban J connectivity index is 2.49. The summed E-state index contributed by atoms with van der Waals surface area (Å²) in [7, 11) is 0. The van der Waals surface area contributed by atoms with Crippen LogP contribution in [0.25, 0.3) is 0 Å². The van der Waals surface area contributed by atoms with Crippen LogP contribution < -0.4 is 5.73 Å². The normalized spacial score (nSPS) is 12.6. The van der Waals surface area contributed by atoms with Crippen LogP contribution in [0.15, 0.2) is 12.1 Å². The van der Waals surface area contributed by atoms with Gasteiger partial charge >= 0.3 is 0 Å². The maximum atomic E-state index is 9.77. The van der Waals surface area contributed by atoms with Crippen molar-refractivity contribution < 1.29 is 10.2 Å². The molecule has 0 aliphatic rings. The van der Waals surface area contributed by atoms with Gasteiger partial charge in [-0.15, -0.1) is 0 Å². The highest BCUT2D eigenvalue weighted by atomic mass is 16.3. The second-order valence-electron chi connectivity index (χ2n) is 5.46. The van der Waals surface area contributed by atoms with Crippen molar-refractivity contribution in [3.63, 3.8) is 0 Å². The molecular weight excluding hydrogens is 238 g/mol. The molecule has 0 aromatic heterocycles. The molecule has 0 radical (unpaired) electrons. The van der Waals surface area contributed by atoms with Gasteiger partial charge in [0.15, 0.2) is 0 Å². The van der Waals surface area contributed by atoms with E-state index in [1.807, 2.05) is 0 Å². The summed E-state index contributed by atoms with van der Waals surface area (Å²) in [5.74, 6) is 0.900. The van der Waals surface area contributed by atoms with Crippen LogP contribution in [0, 0.1) is 5.92 Å². The molecule has 1 rings (SSSR count). The molecule has 1 unspecified atom stereocenters. The Bertz CT molecular complexity index is 367. The van der Waals surface area contributed by atoms with Gasteiger partial charge in [0.1, 0.15) is 11.5 Å². The van der Waals surface area contributed by atoms with Crippen LogP contribution in [0.4, 0.5) is 0 Å². The van der Waals surface area contributed by atoms with Crippen molar-refractivity contribution in [1.29, 1.82) is 0 Å². The number of aryl methyl sites for hydroxylation is 1. The van der Waals surface area contributed by atoms with Gasteiger partial charge in [0.25, 0.3) is 0 Å². The second kappa shape index (κ2) is 8.05. The van der Waals surface area contributed by atoms with Crippen LogP contribution in [0.1, 0.15) is 57.1 Å². The molecule has 0 saturated heterocycles. The van der Waals surface area contributed by atoms with E-state index in [4.69, 9.17) is 5.73 Å². The van der Waals surface area contributed by atoms with Gasteiger partial charge in [-0.1, -0.05) is 39.5 Å². The van der Waals surface area contributed by atoms with Crippen molar-refractivity contribution in [2.24, 2.45) is 11.7 Å². The summed E-state index contributed by atoms with van der Waals surface area (Å²) in [6.07, 6.45) is 7.09. The first-order valence-corrected chi connectivity index (χ1v) is 7.32. The number of nitrogens with two attached hydrogens (primary N) is 1. The Hall–Kier alpha value is -1.22. The lowest BCUT2D eigenvalue weighted by atomic mass is 9.95. The summed E-state index contributed by atoms with van der Waals surface area (Å²) in [5.41, 5.74) is 6.88. The van der Waals surface area contributed by atoms with E-state index < -0.39 is 0 Å². The number of hydrogen-bond acceptors (Lipinski definition) is 3. The first-order valence-electron chi connectivity index (χ1n) is 7.32. The Labute approximate surface area is 116 Å². The fourth-order valence-electron chi connectivity index (χ4n) is 2.35. The third-order valence-corrected chi connectivity index (χ3v) is 3.69. The zero-order chi connectivity index (χ0) is 14.3. The van der Waals surface area contributed by atoms with Crippen LogP contribution in [-0.2, 0) is 13.0 Å². The van der Waals surface area contributed by atoms with Crippen LogP contribution in [0.2, 0.25) is 0 Å². The molecule has 0 aliphatic heterocycles. The van der Waals surface area contributed by atoms with Crippen LogP contribution >= 0.6 is 0 Å². The van der Waals surface area contributed by atoms with Gasteiger partial charge in [0, 0.05) is 12.1 Å². The molecule has 1 aromatic carbocycles. The predicted molar refractivity (Wildman–Crippen MR) is 79.3 cm³/mol. The van der Waals surface area contributed by atoms with E-state index in [1.54, 1.807) is 12.1 Å². The van der Waals surface area contributed by atoms with Crippen molar-refractivity contribution in [2.75, 3.05) is 0 Å². The maximum Gasteiger partial charge on any atom is 0.124 e. The number of hydrogen-bond donors (Lipinski definition) is 3. The van der Waals surface area contributed by atoms with Crippen molar-refractivity contribution >= 4 is 0 Å². The largest absolute Gasteiger partial charge is 0.507 e. The molecule has 3 nitrogen and oxygen atoms in total. The molecule has 1 aromatic rings. The van der Waals surface area contributed by atoms with Gasteiger partial charge in [-0.05, 0) is 36.5 Å². The molecule has 0 saturated carbocycles. The summed E-state index contributed by atoms with van der Waals surface area (Å²) in [6.45, 7) is 4.64. The molecule has 19 heavy (non-hydrogen) atoms. The number of unbranched alkanes of at least 4 members (excludes halogenated alkanes) is 2. The summed E-state index contributed by atoms with van der Waals surface area (Å²) in [4.78, 5) is 0. The second-order valence-corrected chi connectivity index (χ2v) is 5.46. The lowest BCUT2D eigenvalue weighted by Gasteiger charge is -2.12. The highest BCUT2D eigenvalue weighted by Crippen LogP contribution is 2.29. The average molecular weight is 265 g/mol. The van der Waals surface area contributed by atoms with E-state index in [2.05, 4.69) is 13.8 Å². The minimum atomic E-state index is 0.108. The molecule has 0 heterocycles. The quantitative estimate of drug-likeness (QED) is 0.628. The van der Waals surface area contributed by atoms with E-state index in [1.165, 1.54) is 25.7 Å². The van der Waals surface area contributed by atoms with E-state index >= 15 is 0 Å². The number of aromatic hydroxyl groups is 2. The van der Waals surface area contributed by atoms with Crippen molar-refractivity contribution in [2.45, 2.75) is 58.9 Å². The van der Waals surface area contributed by atoms with E-state index in [-0.39, 0.29) is 18.0 Å². The van der Waals surface area contributed by atoms with Gasteiger partial charge in [-0.3, -0.25) is 0 Å². The number of rotatable bonds is 8. The lowest BCUT2D eigenvalue weighted by Crippen LogP contribution is -2.00. The average Bonchev–Trinajstić information content (AvgIpc) is 2.36. The highest BCUT2D eigenvalue weighted by Gasteiger charge is 2.09. The summed E-state index contributed by atoms with van der Waals surface area (Å²) in [5, 5.41) is 19.5. The Morgan fingerprint density at radius 2 is 1.74 bits per heavy atom. The zero-order valence-corrected chi connectivity index (χ0v) is 12.2. The lowest BCUT2D eigenvalue weighted by molar-refractivity contribution is 0.434. The van der Waals surface area contributed by atoms with E-state index in [0.717, 1.165) is 18.4 Å². The van der Waals surface area contributed by atoms with Crippen LogP contribution in [0.3, 0.4) is 0 Å². The minimum absolute atomic E-state index is 0.108. The molecule has 4 N–H and O–H groups in total. The number of phenols is 2. The molecule has 0 bridgehead atoms. The third kappa shape index (κ3) is 5.11. The van der Waals surface area contributed by atoms with Crippen molar-refractivity contribution in [3.05, 3.63) is 23.3 Å². The topological polar surface area (TPSA) is 66.5 Å². The summed E-state index contributed by atoms with van der Waals surface area (Å²) >= 11 is 0. The maximum absolute atomic E-state index is 9.77. The molecule has 0 spiro atoms. The monoisotopic (exact) mass is 265 g/mol. The predicted octanol–water partition coefficient (Wildman–Crippen LogP) is 3.71. The smallest absolute Gasteiger partial charge is 0.124 e. The van der Waals surface area contributed by atoms with Crippen molar-refractivity contribution in [1.82, 2.24) is 0 Å².